The van der Waals surface area contributed by atoms with Crippen molar-refractivity contribution in [2.75, 3.05) is 34.2 Å². The summed E-state index contributed by atoms with van der Waals surface area (Å²) in [5.74, 6) is 1.33. The van der Waals surface area contributed by atoms with Gasteiger partial charge in [0, 0.05) is 12.8 Å². The number of benzene rings is 1. The number of fused-ring (bicyclic) bond motifs is 1. The van der Waals surface area contributed by atoms with Gasteiger partial charge in [-0.1, -0.05) is 13.0 Å². The normalized spacial score (nSPS) is 31.0. The van der Waals surface area contributed by atoms with Gasteiger partial charge in [-0.05, 0) is 36.5 Å². The number of rotatable bonds is 5. The van der Waals surface area contributed by atoms with Crippen LogP contribution in [0.1, 0.15) is 31.7 Å². The highest BCUT2D eigenvalue weighted by Gasteiger charge is 2.58. The van der Waals surface area contributed by atoms with Crippen molar-refractivity contribution in [3.8, 4) is 11.5 Å². The lowest BCUT2D eigenvalue weighted by Crippen LogP contribution is -2.55. The van der Waals surface area contributed by atoms with Gasteiger partial charge in [-0.15, -0.1) is 0 Å². The fourth-order valence-electron chi connectivity index (χ4n) is 4.69. The molecule has 1 aromatic rings. The summed E-state index contributed by atoms with van der Waals surface area (Å²) in [4.78, 5) is 0. The highest BCUT2D eigenvalue weighted by Crippen LogP contribution is 2.50. The lowest BCUT2D eigenvalue weighted by Gasteiger charge is -2.46. The molecule has 1 aliphatic carbocycles. The van der Waals surface area contributed by atoms with Crippen LogP contribution >= 0.6 is 0 Å². The molecule has 2 aliphatic heterocycles. The molecule has 0 aromatic heterocycles. The Morgan fingerprint density at radius 1 is 1.08 bits per heavy atom. The van der Waals surface area contributed by atoms with Crippen LogP contribution in [0.3, 0.4) is 0 Å². The van der Waals surface area contributed by atoms with Gasteiger partial charge in [0.25, 0.3) is 0 Å². The molecule has 2 saturated heterocycles. The summed E-state index contributed by atoms with van der Waals surface area (Å²) in [6.07, 6.45) is 3.36. The fraction of sp³-hybridized carbons (Fsp3) is 0.700. The molecule has 3 fully saturated rings. The Labute approximate surface area is 154 Å². The first-order chi connectivity index (χ1) is 12.6. The van der Waals surface area contributed by atoms with Crippen LogP contribution in [-0.4, -0.2) is 51.7 Å². The van der Waals surface area contributed by atoms with Crippen LogP contribution in [0.25, 0.3) is 0 Å². The molecule has 0 bridgehead atoms. The van der Waals surface area contributed by atoms with E-state index in [9.17, 15) is 0 Å². The maximum Gasteiger partial charge on any atom is 0.171 e. The van der Waals surface area contributed by atoms with E-state index in [0.29, 0.717) is 25.9 Å². The molecule has 144 valence electrons. The summed E-state index contributed by atoms with van der Waals surface area (Å²) >= 11 is 0. The second-order valence-corrected chi connectivity index (χ2v) is 7.48. The van der Waals surface area contributed by atoms with E-state index < -0.39 is 5.79 Å². The van der Waals surface area contributed by atoms with E-state index in [2.05, 4.69) is 13.0 Å². The number of hydrogen-bond acceptors (Lipinski definition) is 6. The van der Waals surface area contributed by atoms with Crippen LogP contribution in [0.5, 0.6) is 11.5 Å². The maximum absolute atomic E-state index is 6.19. The topological polar surface area (TPSA) is 55.4 Å². The zero-order chi connectivity index (χ0) is 18.2. The summed E-state index contributed by atoms with van der Waals surface area (Å²) in [6.45, 7) is 3.92. The van der Waals surface area contributed by atoms with Gasteiger partial charge in [-0.2, -0.15) is 0 Å². The third-order valence-electron chi connectivity index (χ3n) is 6.17. The Morgan fingerprint density at radius 2 is 1.85 bits per heavy atom. The van der Waals surface area contributed by atoms with Gasteiger partial charge in [-0.3, -0.25) is 0 Å². The molecule has 1 saturated carbocycles. The van der Waals surface area contributed by atoms with Gasteiger partial charge < -0.3 is 28.4 Å². The average Bonchev–Trinajstić information content (AvgIpc) is 3.29. The molecular weight excluding hydrogens is 336 g/mol. The minimum Gasteiger partial charge on any atom is -0.493 e. The van der Waals surface area contributed by atoms with E-state index >= 15 is 0 Å². The minimum atomic E-state index is -0.467. The Kier molecular flexibility index (Phi) is 4.86. The second kappa shape index (κ2) is 7.00. The first kappa shape index (κ1) is 18.0. The largest absolute Gasteiger partial charge is 0.493 e. The van der Waals surface area contributed by atoms with Crippen LogP contribution in [0.4, 0.5) is 0 Å². The molecule has 2 heterocycles. The van der Waals surface area contributed by atoms with E-state index in [4.69, 9.17) is 28.4 Å². The minimum absolute atomic E-state index is 0.00416. The second-order valence-electron chi connectivity index (χ2n) is 7.48. The third kappa shape index (κ3) is 2.99. The van der Waals surface area contributed by atoms with Crippen molar-refractivity contribution >= 4 is 0 Å². The van der Waals surface area contributed by atoms with Crippen LogP contribution in [0.2, 0.25) is 0 Å². The van der Waals surface area contributed by atoms with Gasteiger partial charge in [0.2, 0.25) is 0 Å². The molecule has 6 nitrogen and oxygen atoms in total. The molecule has 3 atom stereocenters. The molecule has 0 amide bonds. The van der Waals surface area contributed by atoms with Crippen molar-refractivity contribution < 1.29 is 28.4 Å². The van der Waals surface area contributed by atoms with E-state index in [-0.39, 0.29) is 11.7 Å². The molecule has 26 heavy (non-hydrogen) atoms. The monoisotopic (exact) mass is 364 g/mol. The summed E-state index contributed by atoms with van der Waals surface area (Å²) < 4.78 is 34.7. The zero-order valence-corrected chi connectivity index (χ0v) is 15.8. The van der Waals surface area contributed by atoms with Crippen molar-refractivity contribution in [1.29, 1.82) is 0 Å². The molecular formula is C20H28O6. The maximum atomic E-state index is 6.19. The lowest BCUT2D eigenvalue weighted by atomic mass is 9.70. The fourth-order valence-corrected chi connectivity index (χ4v) is 4.69. The van der Waals surface area contributed by atoms with Crippen LogP contribution in [0, 0.1) is 5.92 Å². The predicted molar refractivity (Wildman–Crippen MR) is 94.5 cm³/mol. The molecule has 0 N–H and O–H groups in total. The van der Waals surface area contributed by atoms with Crippen LogP contribution < -0.4 is 9.47 Å². The molecule has 0 radical (unpaired) electrons. The standard InChI is InChI=1S/C20H28O6/c1-14(10-15-4-5-16(21-2)17(11-15)22-3)20-7-6-19(24-8-9-25-19)12-18(20)23-13-26-20/h4-5,11,14,18H,6-10,12-13H2,1-3H3/t14-,18-,20-/m1/s1. The Bertz CT molecular complexity index is 641. The van der Waals surface area contributed by atoms with Crippen molar-refractivity contribution in [2.24, 2.45) is 5.92 Å². The smallest absolute Gasteiger partial charge is 0.171 e. The van der Waals surface area contributed by atoms with Crippen molar-refractivity contribution in [3.63, 3.8) is 0 Å². The van der Waals surface area contributed by atoms with E-state index in [1.807, 2.05) is 12.1 Å². The quantitative estimate of drug-likeness (QED) is 0.801. The number of hydrogen-bond donors (Lipinski definition) is 0. The van der Waals surface area contributed by atoms with Crippen molar-refractivity contribution in [3.05, 3.63) is 23.8 Å². The highest BCUT2D eigenvalue weighted by molar-refractivity contribution is 5.43. The third-order valence-corrected chi connectivity index (χ3v) is 6.17. The molecule has 3 aliphatic rings. The van der Waals surface area contributed by atoms with E-state index in [1.54, 1.807) is 14.2 Å². The molecule has 6 heteroatoms. The summed E-state index contributed by atoms with van der Waals surface area (Å²) in [5.41, 5.74) is 0.917. The Hall–Kier alpha value is -1.34. The Balaban J connectivity index is 1.51. The zero-order valence-electron chi connectivity index (χ0n) is 15.8. The van der Waals surface area contributed by atoms with Crippen molar-refractivity contribution in [2.45, 2.75) is 50.1 Å². The summed E-state index contributed by atoms with van der Waals surface area (Å²) in [5, 5.41) is 0. The molecule has 0 unspecified atom stereocenters. The molecule has 4 rings (SSSR count). The van der Waals surface area contributed by atoms with E-state index in [1.165, 1.54) is 5.56 Å². The molecule has 1 spiro atoms. The van der Waals surface area contributed by atoms with Gasteiger partial charge in [0.05, 0.1) is 33.5 Å². The first-order valence-electron chi connectivity index (χ1n) is 9.35. The van der Waals surface area contributed by atoms with E-state index in [0.717, 1.165) is 37.2 Å². The van der Waals surface area contributed by atoms with Gasteiger partial charge >= 0.3 is 0 Å². The first-order valence-corrected chi connectivity index (χ1v) is 9.35. The van der Waals surface area contributed by atoms with Gasteiger partial charge in [-0.25, -0.2) is 0 Å². The number of ether oxygens (including phenoxy) is 6. The SMILES string of the molecule is COc1ccc(C[C@@H](C)[C@]23CCC4(C[C@H]2OCO3)OCCO4)cc1OC. The van der Waals surface area contributed by atoms with Crippen LogP contribution in [0.15, 0.2) is 18.2 Å². The molecule has 1 aromatic carbocycles. The van der Waals surface area contributed by atoms with Crippen LogP contribution in [-0.2, 0) is 25.4 Å². The van der Waals surface area contributed by atoms with Gasteiger partial charge in [0.1, 0.15) is 12.4 Å². The number of methoxy groups -OCH3 is 2. The Morgan fingerprint density at radius 3 is 2.58 bits per heavy atom. The lowest BCUT2D eigenvalue weighted by molar-refractivity contribution is -0.220. The highest BCUT2D eigenvalue weighted by atomic mass is 16.8. The summed E-state index contributed by atoms with van der Waals surface area (Å²) in [7, 11) is 3.31. The summed E-state index contributed by atoms with van der Waals surface area (Å²) in [6, 6.07) is 6.09. The predicted octanol–water partition coefficient (Wildman–Crippen LogP) is 2.92. The van der Waals surface area contributed by atoms with Gasteiger partial charge in [0.15, 0.2) is 17.3 Å². The average molecular weight is 364 g/mol. The van der Waals surface area contributed by atoms with Crippen molar-refractivity contribution in [1.82, 2.24) is 0 Å².